The highest BCUT2D eigenvalue weighted by Crippen LogP contribution is 2.26. The Morgan fingerprint density at radius 3 is 2.56 bits per heavy atom. The summed E-state index contributed by atoms with van der Waals surface area (Å²) in [5.41, 5.74) is 1.92. The second-order valence-corrected chi connectivity index (χ2v) is 5.98. The normalized spacial score (nSPS) is 10.9. The van der Waals surface area contributed by atoms with Gasteiger partial charge in [0.2, 0.25) is 5.78 Å². The first-order chi connectivity index (χ1) is 13.1. The van der Waals surface area contributed by atoms with Crippen molar-refractivity contribution in [3.05, 3.63) is 77.7 Å². The number of para-hydroxylation sites is 1. The fraction of sp³-hybridized carbons (Fsp3) is 0.0952. The Morgan fingerprint density at radius 2 is 1.78 bits per heavy atom. The predicted molar refractivity (Wildman–Crippen MR) is 97.5 cm³/mol. The van der Waals surface area contributed by atoms with Gasteiger partial charge in [0.15, 0.2) is 12.4 Å². The Balaban J connectivity index is 1.51. The van der Waals surface area contributed by atoms with E-state index in [-0.39, 0.29) is 11.3 Å². The van der Waals surface area contributed by atoms with E-state index >= 15 is 0 Å². The number of hydrogen-bond donors (Lipinski definition) is 0. The number of rotatable bonds is 5. The molecule has 0 N–H and O–H groups in total. The molecule has 2 heterocycles. The minimum absolute atomic E-state index is 0.148. The number of Topliss-reactive ketones (excluding diaryl/α,β-unsaturated/α-hetero) is 1. The van der Waals surface area contributed by atoms with Crippen molar-refractivity contribution in [2.24, 2.45) is 0 Å². The fourth-order valence-corrected chi connectivity index (χ4v) is 2.80. The lowest BCUT2D eigenvalue weighted by atomic mass is 10.1. The molecule has 0 aliphatic heterocycles. The highest BCUT2D eigenvalue weighted by Gasteiger charge is 2.24. The number of esters is 1. The SMILES string of the molecule is Cc1onc(-c2ccccc2)c1C(=O)OCC(=O)c1cc2ccccc2o1. The molecular weight excluding hydrogens is 346 g/mol. The van der Waals surface area contributed by atoms with E-state index in [0.717, 1.165) is 10.9 Å². The molecule has 0 saturated carbocycles. The van der Waals surface area contributed by atoms with Crippen molar-refractivity contribution >= 4 is 22.7 Å². The van der Waals surface area contributed by atoms with Crippen LogP contribution >= 0.6 is 0 Å². The third kappa shape index (κ3) is 3.25. The zero-order valence-corrected chi connectivity index (χ0v) is 14.5. The van der Waals surface area contributed by atoms with Gasteiger partial charge in [-0.3, -0.25) is 4.79 Å². The van der Waals surface area contributed by atoms with E-state index in [1.807, 2.05) is 48.5 Å². The average Bonchev–Trinajstić information content (AvgIpc) is 3.30. The van der Waals surface area contributed by atoms with Gasteiger partial charge in [-0.15, -0.1) is 0 Å². The van der Waals surface area contributed by atoms with Crippen LogP contribution in [0, 0.1) is 6.92 Å². The molecule has 4 rings (SSSR count). The standard InChI is InChI=1S/C21H15NO5/c1-13-19(20(22-27-13)14-7-3-2-4-8-14)21(24)25-12-16(23)18-11-15-9-5-6-10-17(15)26-18/h2-11H,12H2,1H3. The number of furan rings is 1. The van der Waals surface area contributed by atoms with Crippen LogP contribution in [0.3, 0.4) is 0 Å². The number of aromatic nitrogens is 1. The minimum Gasteiger partial charge on any atom is -0.453 e. The number of aryl methyl sites for hydroxylation is 1. The molecule has 0 saturated heterocycles. The molecule has 0 unspecified atom stereocenters. The quantitative estimate of drug-likeness (QED) is 0.386. The maximum Gasteiger partial charge on any atom is 0.344 e. The first-order valence-corrected chi connectivity index (χ1v) is 8.34. The van der Waals surface area contributed by atoms with Crippen LogP contribution in [0.25, 0.3) is 22.2 Å². The van der Waals surface area contributed by atoms with Gasteiger partial charge in [-0.2, -0.15) is 0 Å². The number of carbonyl (C=O) groups excluding carboxylic acids is 2. The molecule has 0 bridgehead atoms. The molecule has 0 radical (unpaired) electrons. The maximum absolute atomic E-state index is 12.5. The highest BCUT2D eigenvalue weighted by atomic mass is 16.5. The van der Waals surface area contributed by atoms with Gasteiger partial charge in [-0.1, -0.05) is 53.7 Å². The van der Waals surface area contributed by atoms with Crippen molar-refractivity contribution in [1.82, 2.24) is 5.16 Å². The molecule has 0 spiro atoms. The lowest BCUT2D eigenvalue weighted by Crippen LogP contribution is -2.14. The molecule has 0 fully saturated rings. The molecule has 0 amide bonds. The molecule has 27 heavy (non-hydrogen) atoms. The summed E-state index contributed by atoms with van der Waals surface area (Å²) >= 11 is 0. The monoisotopic (exact) mass is 361 g/mol. The molecule has 0 atom stereocenters. The lowest BCUT2D eigenvalue weighted by Gasteiger charge is -2.04. The summed E-state index contributed by atoms with van der Waals surface area (Å²) in [6, 6.07) is 18.1. The minimum atomic E-state index is -0.669. The smallest absolute Gasteiger partial charge is 0.344 e. The Kier molecular flexibility index (Phi) is 4.30. The van der Waals surface area contributed by atoms with E-state index in [0.29, 0.717) is 17.0 Å². The van der Waals surface area contributed by atoms with Crippen LogP contribution in [-0.4, -0.2) is 23.5 Å². The number of fused-ring (bicyclic) bond motifs is 1. The summed E-state index contributed by atoms with van der Waals surface area (Å²) in [6.07, 6.45) is 0. The molecule has 4 aromatic rings. The average molecular weight is 361 g/mol. The lowest BCUT2D eigenvalue weighted by molar-refractivity contribution is 0.0467. The van der Waals surface area contributed by atoms with Crippen molar-refractivity contribution in [2.75, 3.05) is 6.61 Å². The Hall–Kier alpha value is -3.67. The van der Waals surface area contributed by atoms with Crippen LogP contribution in [-0.2, 0) is 4.74 Å². The topological polar surface area (TPSA) is 82.5 Å². The second-order valence-electron chi connectivity index (χ2n) is 5.98. The van der Waals surface area contributed by atoms with Crippen LogP contribution in [0.15, 0.2) is 69.6 Å². The Bertz CT molecular complexity index is 1090. The second kappa shape index (κ2) is 6.92. The van der Waals surface area contributed by atoms with Crippen LogP contribution in [0.1, 0.15) is 26.7 Å². The summed E-state index contributed by atoms with van der Waals surface area (Å²) in [5, 5.41) is 4.76. The van der Waals surface area contributed by atoms with Crippen LogP contribution < -0.4 is 0 Å². The fourth-order valence-electron chi connectivity index (χ4n) is 2.80. The molecule has 0 aliphatic carbocycles. The Labute approximate surface area is 154 Å². The van der Waals surface area contributed by atoms with Gasteiger partial charge < -0.3 is 13.7 Å². The van der Waals surface area contributed by atoms with Crippen LogP contribution in [0.4, 0.5) is 0 Å². The first-order valence-electron chi connectivity index (χ1n) is 8.34. The van der Waals surface area contributed by atoms with Gasteiger partial charge in [0, 0.05) is 10.9 Å². The number of ether oxygens (including phenoxy) is 1. The third-order valence-corrected chi connectivity index (χ3v) is 4.15. The Morgan fingerprint density at radius 1 is 1.04 bits per heavy atom. The van der Waals surface area contributed by atoms with E-state index in [9.17, 15) is 9.59 Å². The molecule has 0 aliphatic rings. The molecule has 2 aromatic heterocycles. The zero-order valence-electron chi connectivity index (χ0n) is 14.5. The highest BCUT2D eigenvalue weighted by molar-refractivity contribution is 6.01. The summed E-state index contributed by atoms with van der Waals surface area (Å²) in [5.74, 6) is -0.614. The van der Waals surface area contributed by atoms with Crippen molar-refractivity contribution in [3.8, 4) is 11.3 Å². The van der Waals surface area contributed by atoms with Gasteiger partial charge in [-0.25, -0.2) is 4.79 Å². The third-order valence-electron chi connectivity index (χ3n) is 4.15. The van der Waals surface area contributed by atoms with Gasteiger partial charge in [-0.05, 0) is 19.1 Å². The summed E-state index contributed by atoms with van der Waals surface area (Å²) in [6.45, 7) is 1.19. The summed E-state index contributed by atoms with van der Waals surface area (Å²) in [7, 11) is 0. The largest absolute Gasteiger partial charge is 0.453 e. The van der Waals surface area contributed by atoms with Crippen molar-refractivity contribution in [3.63, 3.8) is 0 Å². The van der Waals surface area contributed by atoms with E-state index < -0.39 is 18.4 Å². The first kappa shape index (κ1) is 16.8. The van der Waals surface area contributed by atoms with Gasteiger partial charge in [0.1, 0.15) is 22.6 Å². The number of ketones is 1. The number of nitrogens with zero attached hydrogens (tertiary/aromatic N) is 1. The van der Waals surface area contributed by atoms with E-state index in [1.165, 1.54) is 0 Å². The van der Waals surface area contributed by atoms with Gasteiger partial charge >= 0.3 is 5.97 Å². The molecular formula is C21H15NO5. The number of carbonyl (C=O) groups is 2. The van der Waals surface area contributed by atoms with Gasteiger partial charge in [0.25, 0.3) is 0 Å². The summed E-state index contributed by atoms with van der Waals surface area (Å²) in [4.78, 5) is 24.8. The maximum atomic E-state index is 12.5. The van der Waals surface area contributed by atoms with Crippen molar-refractivity contribution in [2.45, 2.75) is 6.92 Å². The van der Waals surface area contributed by atoms with Crippen LogP contribution in [0.5, 0.6) is 0 Å². The molecule has 2 aromatic carbocycles. The summed E-state index contributed by atoms with van der Waals surface area (Å²) < 4.78 is 15.8. The van der Waals surface area contributed by atoms with E-state index in [4.69, 9.17) is 13.7 Å². The molecule has 6 heteroatoms. The van der Waals surface area contributed by atoms with Crippen molar-refractivity contribution < 1.29 is 23.3 Å². The zero-order chi connectivity index (χ0) is 18.8. The van der Waals surface area contributed by atoms with Gasteiger partial charge in [0.05, 0.1) is 0 Å². The number of benzene rings is 2. The number of hydrogen-bond acceptors (Lipinski definition) is 6. The molecule has 134 valence electrons. The van der Waals surface area contributed by atoms with E-state index in [1.54, 1.807) is 19.1 Å². The molecule has 6 nitrogen and oxygen atoms in total. The van der Waals surface area contributed by atoms with Crippen molar-refractivity contribution in [1.29, 1.82) is 0 Å². The van der Waals surface area contributed by atoms with Crippen LogP contribution in [0.2, 0.25) is 0 Å². The van der Waals surface area contributed by atoms with E-state index in [2.05, 4.69) is 5.16 Å². The predicted octanol–water partition coefficient (Wildman–Crippen LogP) is 4.44.